The van der Waals surface area contributed by atoms with E-state index in [2.05, 4.69) is 9.88 Å². The van der Waals surface area contributed by atoms with Crippen molar-refractivity contribution in [2.45, 2.75) is 18.7 Å². The fourth-order valence-electron chi connectivity index (χ4n) is 2.05. The largest absolute Gasteiger partial charge is 0.355 e. The van der Waals surface area contributed by atoms with Crippen LogP contribution in [0.3, 0.4) is 0 Å². The normalized spacial score (nSPS) is 11.5. The molecule has 0 bridgehead atoms. The standard InChI is InChI=1S/C15H14N2O3S2/c1-10-8-13(20-16-10)14-9-15(11(2)21-14)22(18,19)17-12-6-4-3-5-7-12/h3-9,17H,1-2H3. The summed E-state index contributed by atoms with van der Waals surface area (Å²) >= 11 is 1.37. The van der Waals surface area contributed by atoms with Crippen molar-refractivity contribution in [1.29, 1.82) is 0 Å². The van der Waals surface area contributed by atoms with Crippen LogP contribution in [-0.4, -0.2) is 13.6 Å². The number of rotatable bonds is 4. The summed E-state index contributed by atoms with van der Waals surface area (Å²) in [5.74, 6) is 0.576. The average molecular weight is 334 g/mol. The second-order valence-corrected chi connectivity index (χ2v) is 7.74. The van der Waals surface area contributed by atoms with E-state index in [1.54, 1.807) is 43.3 Å². The first-order valence-corrected chi connectivity index (χ1v) is 8.88. The van der Waals surface area contributed by atoms with Crippen molar-refractivity contribution in [3.05, 3.63) is 53.0 Å². The van der Waals surface area contributed by atoms with Gasteiger partial charge in [-0.2, -0.15) is 0 Å². The van der Waals surface area contributed by atoms with Crippen LogP contribution < -0.4 is 4.72 Å². The fraction of sp³-hybridized carbons (Fsp3) is 0.133. The molecule has 0 atom stereocenters. The van der Waals surface area contributed by atoms with Crippen LogP contribution in [0.2, 0.25) is 0 Å². The first kappa shape index (κ1) is 14.8. The average Bonchev–Trinajstić information content (AvgIpc) is 3.06. The maximum Gasteiger partial charge on any atom is 0.263 e. The van der Waals surface area contributed by atoms with E-state index in [0.717, 1.165) is 10.6 Å². The Bertz CT molecular complexity index is 896. The Morgan fingerprint density at radius 1 is 1.14 bits per heavy atom. The van der Waals surface area contributed by atoms with Gasteiger partial charge in [-0.3, -0.25) is 4.72 Å². The zero-order valence-electron chi connectivity index (χ0n) is 12.0. The first-order chi connectivity index (χ1) is 10.5. The highest BCUT2D eigenvalue weighted by molar-refractivity contribution is 7.93. The Hall–Kier alpha value is -2.12. The smallest absolute Gasteiger partial charge is 0.263 e. The number of para-hydroxylation sites is 1. The van der Waals surface area contributed by atoms with E-state index in [-0.39, 0.29) is 4.90 Å². The minimum Gasteiger partial charge on any atom is -0.355 e. The van der Waals surface area contributed by atoms with Crippen LogP contribution in [0, 0.1) is 13.8 Å². The van der Waals surface area contributed by atoms with E-state index in [0.29, 0.717) is 16.3 Å². The summed E-state index contributed by atoms with van der Waals surface area (Å²) in [5.41, 5.74) is 1.29. The number of aromatic nitrogens is 1. The quantitative estimate of drug-likeness (QED) is 0.787. The number of aryl methyl sites for hydroxylation is 2. The number of thiophene rings is 1. The maximum absolute atomic E-state index is 12.5. The molecule has 0 amide bonds. The van der Waals surface area contributed by atoms with Crippen molar-refractivity contribution >= 4 is 27.0 Å². The molecule has 22 heavy (non-hydrogen) atoms. The van der Waals surface area contributed by atoms with Crippen LogP contribution in [0.25, 0.3) is 10.6 Å². The summed E-state index contributed by atoms with van der Waals surface area (Å²) in [6.07, 6.45) is 0. The lowest BCUT2D eigenvalue weighted by atomic mass is 10.3. The number of benzene rings is 1. The van der Waals surface area contributed by atoms with E-state index in [1.807, 2.05) is 13.0 Å². The number of nitrogens with one attached hydrogen (secondary N) is 1. The molecule has 1 aromatic carbocycles. The molecule has 0 saturated heterocycles. The Morgan fingerprint density at radius 3 is 2.50 bits per heavy atom. The zero-order valence-corrected chi connectivity index (χ0v) is 13.7. The third-order valence-corrected chi connectivity index (χ3v) is 5.76. The van der Waals surface area contributed by atoms with Crippen molar-refractivity contribution in [3.63, 3.8) is 0 Å². The van der Waals surface area contributed by atoms with Gasteiger partial charge in [0.1, 0.15) is 4.90 Å². The molecule has 2 heterocycles. The maximum atomic E-state index is 12.5. The number of hydrogen-bond donors (Lipinski definition) is 1. The Morgan fingerprint density at radius 2 is 1.86 bits per heavy atom. The van der Waals surface area contributed by atoms with Gasteiger partial charge in [0.05, 0.1) is 10.6 Å². The van der Waals surface area contributed by atoms with Crippen molar-refractivity contribution < 1.29 is 12.9 Å². The highest BCUT2D eigenvalue weighted by Crippen LogP contribution is 2.34. The summed E-state index contributed by atoms with van der Waals surface area (Å²) < 4.78 is 32.8. The molecule has 0 spiro atoms. The Balaban J connectivity index is 1.96. The summed E-state index contributed by atoms with van der Waals surface area (Å²) in [5, 5.41) is 3.83. The minimum atomic E-state index is -3.63. The summed E-state index contributed by atoms with van der Waals surface area (Å²) in [4.78, 5) is 1.70. The molecule has 0 aliphatic rings. The van der Waals surface area contributed by atoms with Crippen LogP contribution >= 0.6 is 11.3 Å². The van der Waals surface area contributed by atoms with Crippen LogP contribution in [0.5, 0.6) is 0 Å². The highest BCUT2D eigenvalue weighted by Gasteiger charge is 2.21. The Labute approximate surface area is 132 Å². The molecule has 0 aliphatic carbocycles. The monoisotopic (exact) mass is 334 g/mol. The van der Waals surface area contributed by atoms with Crippen molar-refractivity contribution in [2.75, 3.05) is 4.72 Å². The first-order valence-electron chi connectivity index (χ1n) is 6.58. The molecule has 3 aromatic rings. The number of nitrogens with zero attached hydrogens (tertiary/aromatic N) is 1. The predicted octanol–water partition coefficient (Wildman–Crippen LogP) is 3.82. The summed E-state index contributed by atoms with van der Waals surface area (Å²) in [6.45, 7) is 3.60. The molecule has 114 valence electrons. The summed E-state index contributed by atoms with van der Waals surface area (Å²) in [6, 6.07) is 12.2. The third-order valence-electron chi connectivity index (χ3n) is 3.06. The van der Waals surface area contributed by atoms with Crippen molar-refractivity contribution in [2.24, 2.45) is 0 Å². The fourth-order valence-corrected chi connectivity index (χ4v) is 4.65. The van der Waals surface area contributed by atoms with Gasteiger partial charge in [0.2, 0.25) is 0 Å². The van der Waals surface area contributed by atoms with Gasteiger partial charge in [-0.25, -0.2) is 8.42 Å². The molecular formula is C15H14N2O3S2. The topological polar surface area (TPSA) is 72.2 Å². The van der Waals surface area contributed by atoms with Gasteiger partial charge in [0.25, 0.3) is 10.0 Å². The van der Waals surface area contributed by atoms with E-state index in [1.165, 1.54) is 11.3 Å². The van der Waals surface area contributed by atoms with E-state index >= 15 is 0 Å². The molecule has 3 rings (SSSR count). The van der Waals surface area contributed by atoms with Crippen LogP contribution in [-0.2, 0) is 10.0 Å². The molecule has 7 heteroatoms. The number of hydrogen-bond acceptors (Lipinski definition) is 5. The molecule has 0 fully saturated rings. The van der Waals surface area contributed by atoms with Gasteiger partial charge >= 0.3 is 0 Å². The van der Waals surface area contributed by atoms with E-state index in [4.69, 9.17) is 4.52 Å². The summed E-state index contributed by atoms with van der Waals surface area (Å²) in [7, 11) is -3.63. The van der Waals surface area contributed by atoms with Gasteiger partial charge in [0.15, 0.2) is 5.76 Å². The van der Waals surface area contributed by atoms with Gasteiger partial charge in [0, 0.05) is 16.6 Å². The van der Waals surface area contributed by atoms with Gasteiger partial charge in [-0.1, -0.05) is 23.4 Å². The van der Waals surface area contributed by atoms with Crippen molar-refractivity contribution in [3.8, 4) is 10.6 Å². The van der Waals surface area contributed by atoms with Crippen LogP contribution in [0.1, 0.15) is 10.6 Å². The van der Waals surface area contributed by atoms with Crippen LogP contribution in [0.4, 0.5) is 5.69 Å². The Kier molecular flexibility index (Phi) is 3.76. The minimum absolute atomic E-state index is 0.255. The second kappa shape index (κ2) is 5.58. The second-order valence-electron chi connectivity index (χ2n) is 4.84. The van der Waals surface area contributed by atoms with E-state index < -0.39 is 10.0 Å². The number of sulfonamides is 1. The SMILES string of the molecule is Cc1cc(-c2cc(S(=O)(=O)Nc3ccccc3)c(C)s2)on1. The van der Waals surface area contributed by atoms with Gasteiger partial charge < -0.3 is 4.52 Å². The van der Waals surface area contributed by atoms with E-state index in [9.17, 15) is 8.42 Å². The molecule has 1 N–H and O–H groups in total. The zero-order chi connectivity index (χ0) is 15.7. The molecule has 5 nitrogen and oxygen atoms in total. The van der Waals surface area contributed by atoms with Crippen molar-refractivity contribution in [1.82, 2.24) is 5.16 Å². The molecule has 0 radical (unpaired) electrons. The molecule has 2 aromatic heterocycles. The molecule has 0 unspecified atom stereocenters. The predicted molar refractivity (Wildman–Crippen MR) is 86.5 cm³/mol. The molecule has 0 aliphatic heterocycles. The van der Waals surface area contributed by atoms with Crippen LogP contribution in [0.15, 0.2) is 51.9 Å². The lowest BCUT2D eigenvalue weighted by molar-refractivity contribution is 0.428. The third kappa shape index (κ3) is 2.90. The molecular weight excluding hydrogens is 320 g/mol. The van der Waals surface area contributed by atoms with Gasteiger partial charge in [-0.05, 0) is 32.0 Å². The lowest BCUT2D eigenvalue weighted by Crippen LogP contribution is -2.12. The molecule has 0 saturated carbocycles. The van der Waals surface area contributed by atoms with Gasteiger partial charge in [-0.15, -0.1) is 11.3 Å². The highest BCUT2D eigenvalue weighted by atomic mass is 32.2. The lowest BCUT2D eigenvalue weighted by Gasteiger charge is -2.06. The number of anilines is 1.